The number of benzene rings is 3. The number of anilines is 1. The number of nitrogens with zero attached hydrogens (tertiary/aromatic N) is 4. The first-order chi connectivity index (χ1) is 19.2. The molecule has 0 radical (unpaired) electrons. The molecule has 0 atom stereocenters. The summed E-state index contributed by atoms with van der Waals surface area (Å²) in [5.74, 6) is 0.330. The minimum atomic E-state index is -4.54. The summed E-state index contributed by atoms with van der Waals surface area (Å²) in [5.41, 5.74) is 1.20. The quantitative estimate of drug-likeness (QED) is 0.178. The monoisotopic (exact) mass is 619 g/mol. The van der Waals surface area contributed by atoms with Crippen LogP contribution < -0.4 is 5.32 Å². The van der Waals surface area contributed by atoms with Gasteiger partial charge in [-0.05, 0) is 42.0 Å². The van der Waals surface area contributed by atoms with E-state index in [9.17, 15) is 18.0 Å². The van der Waals surface area contributed by atoms with E-state index < -0.39 is 11.7 Å². The molecular formula is C27H18Cl2F3N5OS2. The Kier molecular flexibility index (Phi) is 8.46. The summed E-state index contributed by atoms with van der Waals surface area (Å²) in [6.07, 6.45) is -2.80. The zero-order chi connectivity index (χ0) is 28.3. The molecule has 0 aliphatic rings. The highest BCUT2D eigenvalue weighted by Gasteiger charge is 2.33. The first kappa shape index (κ1) is 28.2. The Labute approximate surface area is 245 Å². The number of hydrogen-bond acceptors (Lipinski definition) is 6. The predicted octanol–water partition coefficient (Wildman–Crippen LogP) is 8.04. The number of aromatic nitrogens is 4. The largest absolute Gasteiger partial charge is 0.417 e. The Morgan fingerprint density at radius 2 is 1.75 bits per heavy atom. The van der Waals surface area contributed by atoms with Crippen molar-refractivity contribution >= 4 is 57.3 Å². The summed E-state index contributed by atoms with van der Waals surface area (Å²) in [6, 6.07) is 20.6. The van der Waals surface area contributed by atoms with Gasteiger partial charge < -0.3 is 5.32 Å². The fourth-order valence-corrected chi connectivity index (χ4v) is 5.76. The van der Waals surface area contributed by atoms with Crippen LogP contribution in [0.2, 0.25) is 10.0 Å². The van der Waals surface area contributed by atoms with Gasteiger partial charge in [-0.25, -0.2) is 4.98 Å². The molecule has 0 aliphatic carbocycles. The van der Waals surface area contributed by atoms with E-state index in [0.717, 1.165) is 17.3 Å². The molecular weight excluding hydrogens is 602 g/mol. The third-order valence-electron chi connectivity index (χ3n) is 5.60. The molecule has 1 amide bonds. The molecule has 204 valence electrons. The number of thioether (sulfide) groups is 1. The second-order valence-corrected chi connectivity index (χ2v) is 11.3. The van der Waals surface area contributed by atoms with Crippen molar-refractivity contribution in [2.45, 2.75) is 17.8 Å². The molecule has 0 saturated carbocycles. The average Bonchev–Trinajstić information content (AvgIpc) is 3.55. The molecule has 40 heavy (non-hydrogen) atoms. The van der Waals surface area contributed by atoms with Crippen molar-refractivity contribution in [2.24, 2.45) is 0 Å². The smallest absolute Gasteiger partial charge is 0.301 e. The molecule has 1 N–H and O–H groups in total. The second-order valence-electron chi connectivity index (χ2n) is 8.44. The molecule has 2 heterocycles. The van der Waals surface area contributed by atoms with Crippen LogP contribution in [-0.2, 0) is 17.4 Å². The van der Waals surface area contributed by atoms with Crippen molar-refractivity contribution in [1.29, 1.82) is 0 Å². The summed E-state index contributed by atoms with van der Waals surface area (Å²) in [7, 11) is 0. The first-order valence-corrected chi connectivity index (χ1v) is 14.2. The van der Waals surface area contributed by atoms with E-state index >= 15 is 0 Å². The molecule has 5 rings (SSSR count). The number of halogens is 5. The number of amides is 1. The number of thiazole rings is 1. The van der Waals surface area contributed by atoms with Crippen molar-refractivity contribution in [2.75, 3.05) is 11.1 Å². The lowest BCUT2D eigenvalue weighted by atomic mass is 10.1. The fraction of sp³-hybridized carbons (Fsp3) is 0.111. The Bertz CT molecular complexity index is 1640. The van der Waals surface area contributed by atoms with Gasteiger partial charge in [0.05, 0.1) is 16.3 Å². The summed E-state index contributed by atoms with van der Waals surface area (Å²) in [5, 5.41) is 12.5. The Morgan fingerprint density at radius 3 is 2.48 bits per heavy atom. The minimum Gasteiger partial charge on any atom is -0.301 e. The van der Waals surface area contributed by atoms with E-state index in [4.69, 9.17) is 23.2 Å². The fourth-order valence-electron chi connectivity index (χ4n) is 3.79. The second kappa shape index (κ2) is 12.0. The summed E-state index contributed by atoms with van der Waals surface area (Å²) in [4.78, 5) is 17.6. The summed E-state index contributed by atoms with van der Waals surface area (Å²) < 4.78 is 41.4. The van der Waals surface area contributed by atoms with Crippen LogP contribution in [0.3, 0.4) is 0 Å². The third-order valence-corrected chi connectivity index (χ3v) is 8.02. The Hall–Kier alpha value is -3.38. The predicted molar refractivity (Wildman–Crippen MR) is 153 cm³/mol. The van der Waals surface area contributed by atoms with Gasteiger partial charge >= 0.3 is 6.18 Å². The topological polar surface area (TPSA) is 72.7 Å². The minimum absolute atomic E-state index is 0.0293. The normalized spacial score (nSPS) is 11.5. The maximum Gasteiger partial charge on any atom is 0.417 e. The van der Waals surface area contributed by atoms with Crippen LogP contribution in [-0.4, -0.2) is 31.4 Å². The van der Waals surface area contributed by atoms with Gasteiger partial charge in [0.25, 0.3) is 0 Å². The van der Waals surface area contributed by atoms with Crippen LogP contribution >= 0.6 is 46.3 Å². The highest BCUT2D eigenvalue weighted by atomic mass is 35.5. The van der Waals surface area contributed by atoms with Crippen molar-refractivity contribution in [3.8, 4) is 17.1 Å². The van der Waals surface area contributed by atoms with Gasteiger partial charge in [0.15, 0.2) is 16.1 Å². The number of rotatable bonds is 8. The zero-order valence-corrected chi connectivity index (χ0v) is 23.5. The lowest BCUT2D eigenvalue weighted by molar-refractivity contribution is -0.137. The van der Waals surface area contributed by atoms with Gasteiger partial charge in [-0.1, -0.05) is 71.4 Å². The maximum atomic E-state index is 13.2. The van der Waals surface area contributed by atoms with E-state index in [1.54, 1.807) is 12.1 Å². The SMILES string of the molecule is O=C(CSc1nnc(-c2ccccc2)n1-c1ccc(Cl)cc1)Nc1ncc(Cc2ccc(Cl)c(C(F)(F)F)c2)s1. The number of carbonyl (C=O) groups is 1. The number of nitrogens with one attached hydrogen (secondary N) is 1. The van der Waals surface area contributed by atoms with Gasteiger partial charge in [-0.2, -0.15) is 13.2 Å². The number of hydrogen-bond donors (Lipinski definition) is 1. The summed E-state index contributed by atoms with van der Waals surface area (Å²) >= 11 is 14.2. The highest BCUT2D eigenvalue weighted by molar-refractivity contribution is 7.99. The molecule has 0 fully saturated rings. The molecule has 0 saturated heterocycles. The van der Waals surface area contributed by atoms with Gasteiger partial charge in [0.2, 0.25) is 5.91 Å². The van der Waals surface area contributed by atoms with Gasteiger partial charge in [-0.3, -0.25) is 9.36 Å². The van der Waals surface area contributed by atoms with Crippen LogP contribution in [0.1, 0.15) is 16.0 Å². The molecule has 6 nitrogen and oxygen atoms in total. The van der Waals surface area contributed by atoms with E-state index in [1.807, 2.05) is 47.0 Å². The molecule has 0 bridgehead atoms. The van der Waals surface area contributed by atoms with Crippen molar-refractivity contribution < 1.29 is 18.0 Å². The van der Waals surface area contributed by atoms with Gasteiger partial charge in [-0.15, -0.1) is 21.5 Å². The lowest BCUT2D eigenvalue weighted by Gasteiger charge is -2.10. The Balaban J connectivity index is 1.27. The van der Waals surface area contributed by atoms with Crippen LogP contribution in [0, 0.1) is 0 Å². The average molecular weight is 621 g/mol. The zero-order valence-electron chi connectivity index (χ0n) is 20.3. The van der Waals surface area contributed by atoms with E-state index in [-0.39, 0.29) is 23.1 Å². The van der Waals surface area contributed by atoms with Crippen molar-refractivity contribution in [3.05, 3.63) is 105 Å². The van der Waals surface area contributed by atoms with Crippen molar-refractivity contribution in [1.82, 2.24) is 19.7 Å². The third kappa shape index (κ3) is 6.67. The molecule has 0 aliphatic heterocycles. The number of alkyl halides is 3. The molecule has 0 unspecified atom stereocenters. The van der Waals surface area contributed by atoms with E-state index in [1.165, 1.54) is 41.4 Å². The van der Waals surface area contributed by atoms with Crippen LogP contribution in [0.4, 0.5) is 18.3 Å². The molecule has 5 aromatic rings. The van der Waals surface area contributed by atoms with Crippen LogP contribution in [0.25, 0.3) is 17.1 Å². The first-order valence-electron chi connectivity index (χ1n) is 11.7. The molecule has 3 aromatic carbocycles. The summed E-state index contributed by atoms with van der Waals surface area (Å²) in [6.45, 7) is 0. The number of carbonyl (C=O) groups excluding carboxylic acids is 1. The standard InChI is InChI=1S/C27H18Cl2F3N5OS2/c28-18-7-9-19(10-8-18)37-24(17-4-2-1-3-5-17)35-36-26(37)39-15-23(38)34-25-33-14-20(40-25)12-16-6-11-22(29)21(13-16)27(30,31)32/h1-11,13-14H,12,15H2,(H,33,34,38). The van der Waals surface area contributed by atoms with Gasteiger partial charge in [0, 0.05) is 33.8 Å². The Morgan fingerprint density at radius 1 is 1.00 bits per heavy atom. The molecule has 0 spiro atoms. The molecule has 13 heteroatoms. The molecule has 2 aromatic heterocycles. The van der Waals surface area contributed by atoms with E-state index in [0.29, 0.717) is 31.6 Å². The van der Waals surface area contributed by atoms with Crippen molar-refractivity contribution in [3.63, 3.8) is 0 Å². The van der Waals surface area contributed by atoms with E-state index in [2.05, 4.69) is 20.5 Å². The van der Waals surface area contributed by atoms with Crippen LogP contribution in [0.15, 0.2) is 84.1 Å². The highest BCUT2D eigenvalue weighted by Crippen LogP contribution is 2.36. The van der Waals surface area contributed by atoms with Gasteiger partial charge in [0.1, 0.15) is 0 Å². The lowest BCUT2D eigenvalue weighted by Crippen LogP contribution is -2.14. The maximum absolute atomic E-state index is 13.2. The van der Waals surface area contributed by atoms with Crippen LogP contribution in [0.5, 0.6) is 0 Å².